The molecule has 1 fully saturated rings. The van der Waals surface area contributed by atoms with Gasteiger partial charge in [-0.05, 0) is 36.3 Å². The summed E-state index contributed by atoms with van der Waals surface area (Å²) in [6.45, 7) is 0. The van der Waals surface area contributed by atoms with Gasteiger partial charge in [-0.15, -0.1) is 11.8 Å². The molecule has 0 aromatic heterocycles. The predicted molar refractivity (Wildman–Crippen MR) is 90.8 cm³/mol. The number of carbonyl (C=O) groups excluding carboxylic acids is 1. The molecule has 2 atom stereocenters. The van der Waals surface area contributed by atoms with Crippen molar-refractivity contribution in [2.75, 3.05) is 11.6 Å². The van der Waals surface area contributed by atoms with Crippen molar-refractivity contribution < 1.29 is 9.72 Å². The molecule has 0 heterocycles. The molecule has 1 aliphatic rings. The Kier molecular flexibility index (Phi) is 4.34. The first-order valence-electron chi connectivity index (χ1n) is 7.28. The molecule has 2 aromatic rings. The van der Waals surface area contributed by atoms with Crippen LogP contribution in [0, 0.1) is 16.0 Å². The van der Waals surface area contributed by atoms with E-state index < -0.39 is 4.92 Å². The third-order valence-corrected chi connectivity index (χ3v) is 4.82. The molecule has 118 valence electrons. The summed E-state index contributed by atoms with van der Waals surface area (Å²) in [4.78, 5) is 23.7. The van der Waals surface area contributed by atoms with Crippen molar-refractivity contribution in [3.8, 4) is 0 Å². The van der Waals surface area contributed by atoms with Gasteiger partial charge in [-0.1, -0.05) is 24.3 Å². The zero-order valence-electron chi connectivity index (χ0n) is 12.6. The number of nitro benzene ring substituents is 1. The van der Waals surface area contributed by atoms with E-state index in [9.17, 15) is 14.9 Å². The molecule has 0 spiro atoms. The van der Waals surface area contributed by atoms with Gasteiger partial charge >= 0.3 is 0 Å². The van der Waals surface area contributed by atoms with E-state index in [1.165, 1.54) is 12.1 Å². The number of thioether (sulfide) groups is 1. The van der Waals surface area contributed by atoms with Gasteiger partial charge in [0.15, 0.2) is 0 Å². The van der Waals surface area contributed by atoms with E-state index in [1.54, 1.807) is 23.9 Å². The second kappa shape index (κ2) is 6.42. The van der Waals surface area contributed by atoms with Crippen LogP contribution in [0.15, 0.2) is 53.4 Å². The van der Waals surface area contributed by atoms with Gasteiger partial charge in [-0.2, -0.15) is 0 Å². The minimum absolute atomic E-state index is 0.00912. The second-order valence-corrected chi connectivity index (χ2v) is 6.33. The molecule has 1 saturated carbocycles. The van der Waals surface area contributed by atoms with Crippen molar-refractivity contribution in [3.63, 3.8) is 0 Å². The molecule has 0 saturated heterocycles. The van der Waals surface area contributed by atoms with Crippen LogP contribution in [0.4, 0.5) is 11.4 Å². The Hall–Kier alpha value is -2.34. The van der Waals surface area contributed by atoms with Gasteiger partial charge in [0.25, 0.3) is 5.69 Å². The van der Waals surface area contributed by atoms with E-state index in [0.717, 1.165) is 22.6 Å². The summed E-state index contributed by atoms with van der Waals surface area (Å²) < 4.78 is 0. The van der Waals surface area contributed by atoms with Crippen molar-refractivity contribution in [3.05, 3.63) is 64.2 Å². The first-order valence-corrected chi connectivity index (χ1v) is 8.51. The highest BCUT2D eigenvalue weighted by Crippen LogP contribution is 2.48. The molecule has 0 bridgehead atoms. The average molecular weight is 328 g/mol. The first-order chi connectivity index (χ1) is 11.1. The molecule has 0 unspecified atom stereocenters. The minimum atomic E-state index is -0.416. The van der Waals surface area contributed by atoms with Gasteiger partial charge in [0.2, 0.25) is 5.91 Å². The number of hydrogen-bond donors (Lipinski definition) is 1. The van der Waals surface area contributed by atoms with Gasteiger partial charge in [0.1, 0.15) is 0 Å². The van der Waals surface area contributed by atoms with Crippen molar-refractivity contribution >= 4 is 29.0 Å². The Morgan fingerprint density at radius 1 is 1.22 bits per heavy atom. The number of nitro groups is 1. The molecular formula is C17H16N2O3S. The number of carbonyl (C=O) groups is 1. The van der Waals surface area contributed by atoms with Crippen LogP contribution in [0.1, 0.15) is 17.9 Å². The van der Waals surface area contributed by atoms with Crippen LogP contribution in [0.25, 0.3) is 0 Å². The Labute approximate surface area is 138 Å². The lowest BCUT2D eigenvalue weighted by Crippen LogP contribution is -2.15. The molecule has 1 amide bonds. The van der Waals surface area contributed by atoms with Crippen LogP contribution in [0.2, 0.25) is 0 Å². The topological polar surface area (TPSA) is 72.2 Å². The highest BCUT2D eigenvalue weighted by molar-refractivity contribution is 7.98. The number of amides is 1. The number of anilines is 1. The number of hydrogen-bond acceptors (Lipinski definition) is 4. The number of para-hydroxylation sites is 1. The molecule has 0 aliphatic heterocycles. The van der Waals surface area contributed by atoms with E-state index in [-0.39, 0.29) is 23.4 Å². The molecule has 6 heteroatoms. The second-order valence-electron chi connectivity index (χ2n) is 5.49. The summed E-state index contributed by atoms with van der Waals surface area (Å²) in [7, 11) is 0. The number of non-ortho nitro benzene ring substituents is 1. The van der Waals surface area contributed by atoms with Crippen molar-refractivity contribution in [1.29, 1.82) is 0 Å². The molecule has 1 N–H and O–H groups in total. The van der Waals surface area contributed by atoms with Crippen LogP contribution in [0.3, 0.4) is 0 Å². The minimum Gasteiger partial charge on any atom is -0.325 e. The van der Waals surface area contributed by atoms with Gasteiger partial charge in [0, 0.05) is 22.9 Å². The molecule has 3 rings (SSSR count). The van der Waals surface area contributed by atoms with Crippen LogP contribution >= 0.6 is 11.8 Å². The lowest BCUT2D eigenvalue weighted by atomic mass is 10.1. The normalized spacial score (nSPS) is 19.2. The van der Waals surface area contributed by atoms with Crippen molar-refractivity contribution in [2.24, 2.45) is 5.92 Å². The lowest BCUT2D eigenvalue weighted by molar-refractivity contribution is -0.384. The SMILES string of the molecule is CSc1ccccc1NC(=O)[C@@H]1C[C@@H]1c1ccc([N+](=O)[O-])cc1. The highest BCUT2D eigenvalue weighted by atomic mass is 32.2. The molecule has 1 aliphatic carbocycles. The van der Waals surface area contributed by atoms with Crippen LogP contribution < -0.4 is 5.32 Å². The maximum atomic E-state index is 12.4. The summed E-state index contributed by atoms with van der Waals surface area (Å²) in [6, 6.07) is 14.2. The average Bonchev–Trinajstić information content (AvgIpc) is 3.36. The molecule has 23 heavy (non-hydrogen) atoms. The smallest absolute Gasteiger partial charge is 0.269 e. The van der Waals surface area contributed by atoms with Gasteiger partial charge in [-0.25, -0.2) is 0 Å². The van der Waals surface area contributed by atoms with Gasteiger partial charge < -0.3 is 5.32 Å². The zero-order chi connectivity index (χ0) is 16.4. The van der Waals surface area contributed by atoms with Crippen molar-refractivity contribution in [2.45, 2.75) is 17.2 Å². The fraction of sp³-hybridized carbons (Fsp3) is 0.235. The molecule has 5 nitrogen and oxygen atoms in total. The molecule has 0 radical (unpaired) electrons. The molecule has 2 aromatic carbocycles. The maximum Gasteiger partial charge on any atom is 0.269 e. The quantitative estimate of drug-likeness (QED) is 0.510. The number of benzene rings is 2. The summed E-state index contributed by atoms with van der Waals surface area (Å²) >= 11 is 1.59. The summed E-state index contributed by atoms with van der Waals surface area (Å²) in [5, 5.41) is 13.7. The zero-order valence-corrected chi connectivity index (χ0v) is 13.4. The van der Waals surface area contributed by atoms with Crippen LogP contribution in [0.5, 0.6) is 0 Å². The fourth-order valence-corrected chi connectivity index (χ4v) is 3.22. The maximum absolute atomic E-state index is 12.4. The van der Waals surface area contributed by atoms with E-state index in [2.05, 4.69) is 5.32 Å². The van der Waals surface area contributed by atoms with Gasteiger partial charge in [-0.3, -0.25) is 14.9 Å². The van der Waals surface area contributed by atoms with Gasteiger partial charge in [0.05, 0.1) is 10.6 Å². The highest BCUT2D eigenvalue weighted by Gasteiger charge is 2.44. The third-order valence-electron chi connectivity index (χ3n) is 4.02. The molecular weight excluding hydrogens is 312 g/mol. The van der Waals surface area contributed by atoms with E-state index in [0.29, 0.717) is 0 Å². The third kappa shape index (κ3) is 3.37. The van der Waals surface area contributed by atoms with Crippen LogP contribution in [-0.2, 0) is 4.79 Å². The van der Waals surface area contributed by atoms with Crippen molar-refractivity contribution in [1.82, 2.24) is 0 Å². The van der Waals surface area contributed by atoms with E-state index >= 15 is 0 Å². The lowest BCUT2D eigenvalue weighted by Gasteiger charge is -2.09. The number of rotatable bonds is 5. The summed E-state index contributed by atoms with van der Waals surface area (Å²) in [5.41, 5.74) is 1.89. The Balaban J connectivity index is 1.65. The van der Waals surface area contributed by atoms with E-state index in [1.807, 2.05) is 30.5 Å². The Morgan fingerprint density at radius 2 is 1.91 bits per heavy atom. The monoisotopic (exact) mass is 328 g/mol. The standard InChI is InChI=1S/C17H16N2O3S/c1-23-16-5-3-2-4-15(16)18-17(20)14-10-13(14)11-6-8-12(9-7-11)19(21)22/h2-9,13-14H,10H2,1H3,(H,18,20)/t13-,14-/m1/s1. The number of nitrogens with zero attached hydrogens (tertiary/aromatic N) is 1. The summed E-state index contributed by atoms with van der Waals surface area (Å²) in [6.07, 6.45) is 2.76. The fourth-order valence-electron chi connectivity index (χ4n) is 2.67. The van der Waals surface area contributed by atoms with Crippen LogP contribution in [-0.4, -0.2) is 17.1 Å². The van der Waals surface area contributed by atoms with E-state index in [4.69, 9.17) is 0 Å². The Bertz CT molecular complexity index is 746. The largest absolute Gasteiger partial charge is 0.325 e. The Morgan fingerprint density at radius 3 is 2.57 bits per heavy atom. The first kappa shape index (κ1) is 15.6. The summed E-state index contributed by atoms with van der Waals surface area (Å²) in [5.74, 6) is 0.0958. The number of nitrogens with one attached hydrogen (secondary N) is 1. The predicted octanol–water partition coefficient (Wildman–Crippen LogP) is 4.06.